The Labute approximate surface area is 42.0 Å². The van der Waals surface area contributed by atoms with Crippen molar-refractivity contribution < 1.29 is 9.63 Å². The van der Waals surface area contributed by atoms with Crippen molar-refractivity contribution in [1.29, 1.82) is 0 Å². The van der Waals surface area contributed by atoms with E-state index in [-0.39, 0.29) is 5.71 Å². The minimum atomic E-state index is 0.225. The van der Waals surface area contributed by atoms with Gasteiger partial charge < -0.3 is 4.84 Å². The Morgan fingerprint density at radius 1 is 1.86 bits per heavy atom. The Balaban J connectivity index is 3.49. The summed E-state index contributed by atoms with van der Waals surface area (Å²) in [4.78, 5) is 13.8. The first kappa shape index (κ1) is 6.14. The smallest absolute Gasteiger partial charge is 0.252 e. The van der Waals surface area contributed by atoms with Crippen LogP contribution in [0, 0.1) is 0 Å². The van der Waals surface area contributed by atoms with E-state index >= 15 is 0 Å². The van der Waals surface area contributed by atoms with Gasteiger partial charge in [0.25, 0.3) is 6.29 Å². The van der Waals surface area contributed by atoms with Crippen LogP contribution in [0.25, 0.3) is 0 Å². The molecule has 1 radical (unpaired) electrons. The molecule has 7 heavy (non-hydrogen) atoms. The van der Waals surface area contributed by atoms with Crippen molar-refractivity contribution in [2.75, 3.05) is 7.11 Å². The van der Waals surface area contributed by atoms with Gasteiger partial charge in [0.2, 0.25) is 0 Å². The second kappa shape index (κ2) is 3.33. The third-order valence-corrected chi connectivity index (χ3v) is 0.376. The van der Waals surface area contributed by atoms with Gasteiger partial charge in [0.05, 0.1) is 0 Å². The average molecular weight is 100 g/mol. The minimum absolute atomic E-state index is 0.225. The summed E-state index contributed by atoms with van der Waals surface area (Å²) in [6.45, 7) is 1.51. The predicted molar refractivity (Wildman–Crippen MR) is 25.8 cm³/mol. The standard InChI is InChI=1S/C4H6NO2/c1-4(3-6)5-7-2/h1-2H3. The van der Waals surface area contributed by atoms with Gasteiger partial charge in [-0.15, -0.1) is 0 Å². The molecule has 0 bridgehead atoms. The first-order chi connectivity index (χ1) is 3.31. The maximum absolute atomic E-state index is 9.56. The number of carbonyl (C=O) groups excluding carboxylic acids is 1. The maximum Gasteiger partial charge on any atom is 0.252 e. The highest BCUT2D eigenvalue weighted by Gasteiger charge is 1.82. The first-order valence-electron chi connectivity index (χ1n) is 1.77. The SMILES string of the molecule is CON=C(C)[C]=O. The Morgan fingerprint density at radius 2 is 2.43 bits per heavy atom. The molecule has 3 heteroatoms. The molecule has 0 spiro atoms. The second-order valence-electron chi connectivity index (χ2n) is 0.961. The fourth-order valence-electron chi connectivity index (χ4n) is 0.156. The Bertz CT molecular complexity index is 87.7. The molecular formula is C4H6NO2. The zero-order chi connectivity index (χ0) is 5.70. The summed E-state index contributed by atoms with van der Waals surface area (Å²) in [5.41, 5.74) is 0.225. The van der Waals surface area contributed by atoms with Crippen LogP contribution >= 0.6 is 0 Å². The highest BCUT2D eigenvalue weighted by Crippen LogP contribution is 1.69. The number of hydrogen-bond acceptors (Lipinski definition) is 3. The lowest BCUT2D eigenvalue weighted by Crippen LogP contribution is -1.90. The molecule has 0 aromatic heterocycles. The van der Waals surface area contributed by atoms with E-state index in [1.165, 1.54) is 14.0 Å². The highest BCUT2D eigenvalue weighted by atomic mass is 16.6. The van der Waals surface area contributed by atoms with Crippen molar-refractivity contribution >= 4 is 12.0 Å². The molecular weight excluding hydrogens is 94.0 g/mol. The van der Waals surface area contributed by atoms with Gasteiger partial charge in [-0.3, -0.25) is 4.79 Å². The van der Waals surface area contributed by atoms with Crippen molar-refractivity contribution in [2.45, 2.75) is 6.92 Å². The van der Waals surface area contributed by atoms with E-state index < -0.39 is 0 Å². The van der Waals surface area contributed by atoms with E-state index in [4.69, 9.17) is 0 Å². The lowest BCUT2D eigenvalue weighted by molar-refractivity contribution is 0.214. The molecule has 0 aromatic rings. The summed E-state index contributed by atoms with van der Waals surface area (Å²) in [5.74, 6) is 0. The van der Waals surface area contributed by atoms with Gasteiger partial charge in [-0.1, -0.05) is 5.16 Å². The van der Waals surface area contributed by atoms with Crippen LogP contribution in [-0.4, -0.2) is 19.1 Å². The molecule has 3 nitrogen and oxygen atoms in total. The van der Waals surface area contributed by atoms with Gasteiger partial charge in [0.15, 0.2) is 0 Å². The van der Waals surface area contributed by atoms with E-state index in [0.29, 0.717) is 0 Å². The molecule has 0 saturated carbocycles. The molecule has 0 fully saturated rings. The van der Waals surface area contributed by atoms with Crippen LogP contribution in [0.15, 0.2) is 5.16 Å². The van der Waals surface area contributed by atoms with Gasteiger partial charge in [-0.25, -0.2) is 0 Å². The van der Waals surface area contributed by atoms with Crippen molar-refractivity contribution in [2.24, 2.45) is 5.16 Å². The molecule has 0 saturated heterocycles. The van der Waals surface area contributed by atoms with Gasteiger partial charge in [-0.2, -0.15) is 0 Å². The fraction of sp³-hybridized carbons (Fsp3) is 0.500. The van der Waals surface area contributed by atoms with Crippen LogP contribution in [-0.2, 0) is 9.63 Å². The lowest BCUT2D eigenvalue weighted by atomic mass is 10.5. The zero-order valence-electron chi connectivity index (χ0n) is 4.26. The van der Waals surface area contributed by atoms with Gasteiger partial charge in [0.1, 0.15) is 12.8 Å². The van der Waals surface area contributed by atoms with Gasteiger partial charge in [-0.05, 0) is 6.92 Å². The molecule has 39 valence electrons. The summed E-state index contributed by atoms with van der Waals surface area (Å²) in [5, 5.41) is 3.24. The summed E-state index contributed by atoms with van der Waals surface area (Å²) < 4.78 is 0. The van der Waals surface area contributed by atoms with Crippen molar-refractivity contribution in [3.8, 4) is 0 Å². The molecule has 0 amide bonds. The summed E-state index contributed by atoms with van der Waals surface area (Å²) in [7, 11) is 1.38. The minimum Gasteiger partial charge on any atom is -0.399 e. The molecule has 0 aliphatic carbocycles. The Kier molecular flexibility index (Phi) is 2.92. The summed E-state index contributed by atoms with van der Waals surface area (Å²) >= 11 is 0. The van der Waals surface area contributed by atoms with E-state index in [1.807, 2.05) is 0 Å². The maximum atomic E-state index is 9.56. The number of nitrogens with zero attached hydrogens (tertiary/aromatic N) is 1. The largest absolute Gasteiger partial charge is 0.399 e. The van der Waals surface area contributed by atoms with Crippen molar-refractivity contribution in [3.63, 3.8) is 0 Å². The van der Waals surface area contributed by atoms with Crippen LogP contribution in [0.4, 0.5) is 0 Å². The molecule has 0 atom stereocenters. The van der Waals surface area contributed by atoms with Crippen LogP contribution in [0.3, 0.4) is 0 Å². The van der Waals surface area contributed by atoms with Crippen LogP contribution in [0.5, 0.6) is 0 Å². The second-order valence-corrected chi connectivity index (χ2v) is 0.961. The predicted octanol–water partition coefficient (Wildman–Crippen LogP) is 0.118. The van der Waals surface area contributed by atoms with Crippen molar-refractivity contribution in [3.05, 3.63) is 0 Å². The molecule has 0 N–H and O–H groups in total. The molecule has 0 aromatic carbocycles. The Hall–Kier alpha value is -0.860. The fourth-order valence-corrected chi connectivity index (χ4v) is 0.156. The molecule has 0 rings (SSSR count). The quantitative estimate of drug-likeness (QED) is 0.365. The number of oxime groups is 1. The van der Waals surface area contributed by atoms with Gasteiger partial charge >= 0.3 is 0 Å². The zero-order valence-corrected chi connectivity index (χ0v) is 4.26. The van der Waals surface area contributed by atoms with E-state index in [9.17, 15) is 4.79 Å². The normalized spacial score (nSPS) is 10.9. The third-order valence-electron chi connectivity index (χ3n) is 0.376. The topological polar surface area (TPSA) is 38.7 Å². The first-order valence-corrected chi connectivity index (χ1v) is 1.77. The lowest BCUT2D eigenvalue weighted by Gasteiger charge is -1.82. The van der Waals surface area contributed by atoms with Crippen LogP contribution in [0.2, 0.25) is 0 Å². The average Bonchev–Trinajstić information content (AvgIpc) is 1.68. The Morgan fingerprint density at radius 3 is 2.57 bits per heavy atom. The molecule has 0 heterocycles. The third kappa shape index (κ3) is 2.96. The van der Waals surface area contributed by atoms with Crippen molar-refractivity contribution in [1.82, 2.24) is 0 Å². The van der Waals surface area contributed by atoms with Crippen LogP contribution < -0.4 is 0 Å². The van der Waals surface area contributed by atoms with Crippen LogP contribution in [0.1, 0.15) is 6.92 Å². The monoisotopic (exact) mass is 100 g/mol. The van der Waals surface area contributed by atoms with E-state index in [2.05, 4.69) is 9.99 Å². The van der Waals surface area contributed by atoms with Gasteiger partial charge in [0, 0.05) is 0 Å². The summed E-state index contributed by atoms with van der Waals surface area (Å²) in [6.07, 6.45) is 1.54. The number of hydrogen-bond donors (Lipinski definition) is 0. The van der Waals surface area contributed by atoms with E-state index in [0.717, 1.165) is 0 Å². The summed E-state index contributed by atoms with van der Waals surface area (Å²) in [6, 6.07) is 0. The number of rotatable bonds is 2. The molecule has 0 unspecified atom stereocenters. The molecule has 0 aliphatic heterocycles. The van der Waals surface area contributed by atoms with E-state index in [1.54, 1.807) is 6.29 Å². The highest BCUT2D eigenvalue weighted by molar-refractivity contribution is 6.27. The molecule has 0 aliphatic rings.